The first-order chi connectivity index (χ1) is 11.5. The van der Waals surface area contributed by atoms with E-state index in [1.54, 1.807) is 17.5 Å². The van der Waals surface area contributed by atoms with Crippen LogP contribution in [0.15, 0.2) is 18.3 Å². The number of Topliss-reactive ketones (excluding diaryl/α,β-unsaturated/α-hetero) is 1. The molecule has 0 amide bonds. The van der Waals surface area contributed by atoms with Gasteiger partial charge in [-0.3, -0.25) is 14.0 Å². The molecule has 1 fully saturated rings. The second-order valence-corrected chi connectivity index (χ2v) is 6.31. The highest BCUT2D eigenvalue weighted by Gasteiger charge is 2.35. The number of carbonyl (C=O) groups excluding carboxylic acids is 1. The molecule has 6 heteroatoms. The molecule has 2 aromatic heterocycles. The zero-order valence-corrected chi connectivity index (χ0v) is 14.0. The molecule has 1 aliphatic rings. The number of ether oxygens (including phenoxy) is 1. The van der Waals surface area contributed by atoms with Gasteiger partial charge in [-0.05, 0) is 44.7 Å². The Kier molecular flexibility index (Phi) is 4.55. The van der Waals surface area contributed by atoms with E-state index in [9.17, 15) is 14.7 Å². The fourth-order valence-corrected chi connectivity index (χ4v) is 3.70. The minimum Gasteiger partial charge on any atom is -0.490 e. The van der Waals surface area contributed by atoms with E-state index in [2.05, 4.69) is 4.98 Å². The number of nitrogens with zero attached hydrogens (tertiary/aromatic N) is 2. The fourth-order valence-electron chi connectivity index (χ4n) is 3.70. The number of ketones is 1. The minimum atomic E-state index is -0.793. The summed E-state index contributed by atoms with van der Waals surface area (Å²) in [5.41, 5.74) is 1.81. The SMILES string of the molecule is CCOc1cccn2c(C(=O)C[C@@H]3CCC[C@H]3C(=O)O)c(C)nc12. The van der Waals surface area contributed by atoms with Crippen molar-refractivity contribution in [3.63, 3.8) is 0 Å². The normalized spacial score (nSPS) is 20.4. The Bertz CT molecular complexity index is 781. The lowest BCUT2D eigenvalue weighted by Gasteiger charge is -2.14. The monoisotopic (exact) mass is 330 g/mol. The van der Waals surface area contributed by atoms with Crippen LogP contribution in [0.5, 0.6) is 5.75 Å². The number of carboxylic acid groups (broad SMARTS) is 1. The van der Waals surface area contributed by atoms with Gasteiger partial charge < -0.3 is 9.84 Å². The van der Waals surface area contributed by atoms with E-state index in [1.165, 1.54) is 0 Å². The van der Waals surface area contributed by atoms with Gasteiger partial charge in [0.2, 0.25) is 0 Å². The number of rotatable bonds is 6. The topological polar surface area (TPSA) is 80.9 Å². The van der Waals surface area contributed by atoms with Gasteiger partial charge in [0, 0.05) is 12.6 Å². The maximum Gasteiger partial charge on any atom is 0.306 e. The molecule has 2 aromatic rings. The Hall–Kier alpha value is -2.37. The van der Waals surface area contributed by atoms with Crippen LogP contribution in [0.25, 0.3) is 5.65 Å². The number of aryl methyl sites for hydroxylation is 1. The summed E-state index contributed by atoms with van der Waals surface area (Å²) in [6.45, 7) is 4.23. The predicted octanol–water partition coefficient (Wildman–Crippen LogP) is 3.12. The quantitative estimate of drug-likeness (QED) is 0.823. The predicted molar refractivity (Wildman–Crippen MR) is 88.5 cm³/mol. The summed E-state index contributed by atoms with van der Waals surface area (Å²) in [7, 11) is 0. The highest BCUT2D eigenvalue weighted by molar-refractivity contribution is 5.97. The van der Waals surface area contributed by atoms with Crippen LogP contribution >= 0.6 is 0 Å². The molecule has 0 spiro atoms. The summed E-state index contributed by atoms with van der Waals surface area (Å²) in [5.74, 6) is -0.695. The smallest absolute Gasteiger partial charge is 0.306 e. The summed E-state index contributed by atoms with van der Waals surface area (Å²) in [5, 5.41) is 9.30. The van der Waals surface area contributed by atoms with Crippen molar-refractivity contribution in [2.24, 2.45) is 11.8 Å². The van der Waals surface area contributed by atoms with Crippen molar-refractivity contribution in [1.82, 2.24) is 9.38 Å². The molecule has 6 nitrogen and oxygen atoms in total. The molecule has 2 atom stereocenters. The highest BCUT2D eigenvalue weighted by Crippen LogP contribution is 2.35. The Morgan fingerprint density at radius 1 is 1.42 bits per heavy atom. The number of aromatic nitrogens is 2. The average molecular weight is 330 g/mol. The van der Waals surface area contributed by atoms with E-state index in [0.29, 0.717) is 35.8 Å². The van der Waals surface area contributed by atoms with Crippen LogP contribution in [0.3, 0.4) is 0 Å². The van der Waals surface area contributed by atoms with Crippen LogP contribution < -0.4 is 4.74 Å². The standard InChI is InChI=1S/C18H22N2O4/c1-3-24-15-8-5-9-20-16(11(2)19-17(15)20)14(21)10-12-6-4-7-13(12)18(22)23/h5,8-9,12-13H,3-4,6-7,10H2,1-2H3,(H,22,23)/t12-,13+/m0/s1. The van der Waals surface area contributed by atoms with Crippen molar-refractivity contribution in [2.75, 3.05) is 6.61 Å². The van der Waals surface area contributed by atoms with Crippen molar-refractivity contribution < 1.29 is 19.4 Å². The maximum atomic E-state index is 12.8. The van der Waals surface area contributed by atoms with Gasteiger partial charge in [0.05, 0.1) is 18.2 Å². The zero-order chi connectivity index (χ0) is 17.3. The number of hydrogen-bond donors (Lipinski definition) is 1. The Morgan fingerprint density at radius 2 is 2.21 bits per heavy atom. The molecule has 3 rings (SSSR count). The van der Waals surface area contributed by atoms with E-state index in [4.69, 9.17) is 4.74 Å². The molecule has 1 saturated carbocycles. The summed E-state index contributed by atoms with van der Waals surface area (Å²) in [4.78, 5) is 28.7. The van der Waals surface area contributed by atoms with Gasteiger partial charge >= 0.3 is 5.97 Å². The molecular formula is C18H22N2O4. The molecule has 0 unspecified atom stereocenters. The lowest BCUT2D eigenvalue weighted by atomic mass is 9.90. The van der Waals surface area contributed by atoms with Gasteiger partial charge in [-0.2, -0.15) is 0 Å². The van der Waals surface area contributed by atoms with Crippen molar-refractivity contribution in [1.29, 1.82) is 0 Å². The van der Waals surface area contributed by atoms with Gasteiger partial charge in [-0.15, -0.1) is 0 Å². The van der Waals surface area contributed by atoms with E-state index in [1.807, 2.05) is 19.1 Å². The van der Waals surface area contributed by atoms with Crippen LogP contribution in [0, 0.1) is 18.8 Å². The van der Waals surface area contributed by atoms with E-state index in [0.717, 1.165) is 12.8 Å². The van der Waals surface area contributed by atoms with Crippen LogP contribution in [0.2, 0.25) is 0 Å². The van der Waals surface area contributed by atoms with E-state index >= 15 is 0 Å². The third-order valence-electron chi connectivity index (χ3n) is 4.78. The Morgan fingerprint density at radius 3 is 2.92 bits per heavy atom. The summed E-state index contributed by atoms with van der Waals surface area (Å²) in [6, 6.07) is 3.66. The molecular weight excluding hydrogens is 308 g/mol. The number of hydrogen-bond acceptors (Lipinski definition) is 4. The molecule has 0 aliphatic heterocycles. The molecule has 0 bridgehead atoms. The van der Waals surface area contributed by atoms with E-state index < -0.39 is 11.9 Å². The number of carbonyl (C=O) groups is 2. The van der Waals surface area contributed by atoms with Crippen molar-refractivity contribution in [2.45, 2.75) is 39.5 Å². The number of imidazole rings is 1. The first-order valence-electron chi connectivity index (χ1n) is 8.39. The molecule has 24 heavy (non-hydrogen) atoms. The largest absolute Gasteiger partial charge is 0.490 e. The average Bonchev–Trinajstić information content (AvgIpc) is 3.11. The lowest BCUT2D eigenvalue weighted by Crippen LogP contribution is -2.21. The molecule has 0 aromatic carbocycles. The fraction of sp³-hybridized carbons (Fsp3) is 0.500. The number of carboxylic acids is 1. The van der Waals surface area contributed by atoms with Gasteiger partial charge in [-0.1, -0.05) is 6.42 Å². The van der Waals surface area contributed by atoms with Gasteiger partial charge in [0.25, 0.3) is 0 Å². The minimum absolute atomic E-state index is 0.0493. The third-order valence-corrected chi connectivity index (χ3v) is 4.78. The van der Waals surface area contributed by atoms with Crippen LogP contribution in [-0.4, -0.2) is 32.9 Å². The molecule has 128 valence electrons. The van der Waals surface area contributed by atoms with Crippen LogP contribution in [0.1, 0.15) is 48.8 Å². The Balaban J connectivity index is 1.91. The summed E-state index contributed by atoms with van der Waals surface area (Å²) in [6.07, 6.45) is 4.38. The van der Waals surface area contributed by atoms with Crippen molar-refractivity contribution in [3.8, 4) is 5.75 Å². The molecule has 0 saturated heterocycles. The zero-order valence-electron chi connectivity index (χ0n) is 14.0. The molecule has 0 radical (unpaired) electrons. The van der Waals surface area contributed by atoms with Crippen molar-refractivity contribution in [3.05, 3.63) is 29.7 Å². The second-order valence-electron chi connectivity index (χ2n) is 6.31. The van der Waals surface area contributed by atoms with Gasteiger partial charge in [-0.25, -0.2) is 4.98 Å². The van der Waals surface area contributed by atoms with E-state index in [-0.39, 0.29) is 18.1 Å². The summed E-state index contributed by atoms with van der Waals surface area (Å²) < 4.78 is 7.33. The number of aliphatic carboxylic acids is 1. The number of pyridine rings is 1. The molecule has 1 aliphatic carbocycles. The third kappa shape index (κ3) is 2.88. The van der Waals surface area contributed by atoms with Crippen molar-refractivity contribution >= 4 is 17.4 Å². The lowest BCUT2D eigenvalue weighted by molar-refractivity contribution is -0.142. The first-order valence-corrected chi connectivity index (χ1v) is 8.39. The summed E-state index contributed by atoms with van der Waals surface area (Å²) >= 11 is 0. The number of fused-ring (bicyclic) bond motifs is 1. The highest BCUT2D eigenvalue weighted by atomic mass is 16.5. The van der Waals surface area contributed by atoms with Crippen LogP contribution in [0.4, 0.5) is 0 Å². The Labute approximate surface area is 140 Å². The van der Waals surface area contributed by atoms with Gasteiger partial charge in [0.1, 0.15) is 5.69 Å². The maximum absolute atomic E-state index is 12.8. The van der Waals surface area contributed by atoms with Gasteiger partial charge in [0.15, 0.2) is 17.2 Å². The molecule has 2 heterocycles. The van der Waals surface area contributed by atoms with Crippen LogP contribution in [-0.2, 0) is 4.79 Å². The second kappa shape index (κ2) is 6.63. The molecule has 1 N–H and O–H groups in total. The first kappa shape index (κ1) is 16.5.